The zero-order chi connectivity index (χ0) is 19.6. The number of hydrogen-bond donors (Lipinski definition) is 0. The van der Waals surface area contributed by atoms with Crippen LogP contribution in [0, 0.1) is 10.1 Å². The maximum absolute atomic E-state index is 13.4. The van der Waals surface area contributed by atoms with Crippen molar-refractivity contribution in [2.45, 2.75) is 18.1 Å². The predicted octanol–water partition coefficient (Wildman–Crippen LogP) is 4.42. The van der Waals surface area contributed by atoms with Gasteiger partial charge in [-0.2, -0.15) is 8.78 Å². The molecule has 0 spiro atoms. The van der Waals surface area contributed by atoms with Gasteiger partial charge in [-0.15, -0.1) is 11.8 Å². The van der Waals surface area contributed by atoms with Crippen LogP contribution in [0.3, 0.4) is 0 Å². The zero-order valence-electron chi connectivity index (χ0n) is 14.0. The van der Waals surface area contributed by atoms with Gasteiger partial charge in [-0.3, -0.25) is 14.7 Å². The van der Waals surface area contributed by atoms with Crippen molar-refractivity contribution >= 4 is 34.5 Å². The molecule has 0 saturated heterocycles. The monoisotopic (exact) mass is 393 g/mol. The van der Waals surface area contributed by atoms with Gasteiger partial charge in [0.1, 0.15) is 6.61 Å². The summed E-state index contributed by atoms with van der Waals surface area (Å²) in [6, 6.07) is 10.3. The SMILES string of the molecule is CSc1ccc(C(=O)OCc2nc3ccccc3n2C(F)F)cc1[N+](=O)[O-]. The molecule has 1 heterocycles. The second-order valence-corrected chi connectivity index (χ2v) is 6.23. The number of carbonyl (C=O) groups excluding carboxylic acids is 1. The molecule has 0 N–H and O–H groups in total. The summed E-state index contributed by atoms with van der Waals surface area (Å²) >= 11 is 1.17. The van der Waals surface area contributed by atoms with E-state index in [4.69, 9.17) is 4.74 Å². The molecule has 0 aliphatic heterocycles. The van der Waals surface area contributed by atoms with Gasteiger partial charge in [0.15, 0.2) is 5.82 Å². The molecular weight excluding hydrogens is 380 g/mol. The number of rotatable bonds is 6. The Morgan fingerprint density at radius 2 is 2.07 bits per heavy atom. The van der Waals surface area contributed by atoms with Gasteiger partial charge in [-0.1, -0.05) is 12.1 Å². The minimum absolute atomic E-state index is 0.0424. The number of halogens is 2. The van der Waals surface area contributed by atoms with Crippen molar-refractivity contribution in [2.24, 2.45) is 0 Å². The summed E-state index contributed by atoms with van der Waals surface area (Å²) in [5.41, 5.74) is 0.304. The van der Waals surface area contributed by atoms with Crippen molar-refractivity contribution < 1.29 is 23.2 Å². The molecule has 1 aromatic heterocycles. The Morgan fingerprint density at radius 3 is 2.74 bits per heavy atom. The summed E-state index contributed by atoms with van der Waals surface area (Å²) in [6.45, 7) is -3.34. The number of ether oxygens (including phenoxy) is 1. The Hall–Kier alpha value is -3.01. The highest BCUT2D eigenvalue weighted by atomic mass is 32.2. The lowest BCUT2D eigenvalue weighted by Gasteiger charge is -2.09. The number of thioether (sulfide) groups is 1. The van der Waals surface area contributed by atoms with E-state index < -0.39 is 24.0 Å². The predicted molar refractivity (Wildman–Crippen MR) is 95.0 cm³/mol. The van der Waals surface area contributed by atoms with E-state index in [1.807, 2.05) is 0 Å². The first-order chi connectivity index (χ1) is 12.9. The normalized spacial score (nSPS) is 11.1. The summed E-state index contributed by atoms with van der Waals surface area (Å²) in [5, 5.41) is 11.1. The van der Waals surface area contributed by atoms with E-state index in [0.29, 0.717) is 15.0 Å². The Kier molecular flexibility index (Phi) is 5.36. The maximum Gasteiger partial charge on any atom is 0.338 e. The summed E-state index contributed by atoms with van der Waals surface area (Å²) in [4.78, 5) is 27.2. The Bertz CT molecular complexity index is 1020. The van der Waals surface area contributed by atoms with Gasteiger partial charge in [0.2, 0.25) is 0 Å². The lowest BCUT2D eigenvalue weighted by atomic mass is 10.2. The number of fused-ring (bicyclic) bond motifs is 1. The van der Waals surface area contributed by atoms with Crippen LogP contribution in [0.1, 0.15) is 22.7 Å². The number of nitrogens with zero attached hydrogens (tertiary/aromatic N) is 3. The maximum atomic E-state index is 13.4. The van der Waals surface area contributed by atoms with E-state index in [-0.39, 0.29) is 22.6 Å². The van der Waals surface area contributed by atoms with E-state index >= 15 is 0 Å². The molecule has 0 aliphatic rings. The smallest absolute Gasteiger partial charge is 0.338 e. The second-order valence-electron chi connectivity index (χ2n) is 5.38. The molecule has 27 heavy (non-hydrogen) atoms. The van der Waals surface area contributed by atoms with Crippen LogP contribution in [0.2, 0.25) is 0 Å². The summed E-state index contributed by atoms with van der Waals surface area (Å²) in [7, 11) is 0. The highest BCUT2D eigenvalue weighted by molar-refractivity contribution is 7.98. The number of nitro benzene ring substituents is 1. The number of imidazole rings is 1. The molecule has 0 atom stereocenters. The van der Waals surface area contributed by atoms with Crippen molar-refractivity contribution in [3.8, 4) is 0 Å². The van der Waals surface area contributed by atoms with Gasteiger partial charge in [0.25, 0.3) is 5.69 Å². The number of nitro groups is 1. The lowest BCUT2D eigenvalue weighted by molar-refractivity contribution is -0.387. The van der Waals surface area contributed by atoms with Gasteiger partial charge in [0, 0.05) is 6.07 Å². The fraction of sp³-hybridized carbons (Fsp3) is 0.176. The topological polar surface area (TPSA) is 87.3 Å². The molecule has 3 rings (SSSR count). The zero-order valence-corrected chi connectivity index (χ0v) is 14.8. The van der Waals surface area contributed by atoms with Gasteiger partial charge < -0.3 is 4.74 Å². The number of hydrogen-bond acceptors (Lipinski definition) is 6. The van der Waals surface area contributed by atoms with Crippen LogP contribution in [0.15, 0.2) is 47.4 Å². The van der Waals surface area contributed by atoms with Crippen molar-refractivity contribution in [1.29, 1.82) is 0 Å². The van der Waals surface area contributed by atoms with Gasteiger partial charge in [-0.25, -0.2) is 9.78 Å². The van der Waals surface area contributed by atoms with E-state index in [9.17, 15) is 23.7 Å². The first-order valence-electron chi connectivity index (χ1n) is 7.66. The lowest BCUT2D eigenvalue weighted by Crippen LogP contribution is -2.11. The van der Waals surface area contributed by atoms with Gasteiger partial charge in [-0.05, 0) is 30.5 Å². The van der Waals surface area contributed by atoms with Crippen molar-refractivity contribution in [3.05, 3.63) is 64.0 Å². The van der Waals surface area contributed by atoms with Crippen LogP contribution in [0.5, 0.6) is 0 Å². The van der Waals surface area contributed by atoms with Crippen molar-refractivity contribution in [2.75, 3.05) is 6.26 Å². The number of esters is 1. The third-order valence-corrected chi connectivity index (χ3v) is 4.59. The van der Waals surface area contributed by atoms with E-state index in [0.717, 1.165) is 6.07 Å². The number of carbonyl (C=O) groups is 1. The van der Waals surface area contributed by atoms with Crippen LogP contribution in [-0.2, 0) is 11.3 Å². The third-order valence-electron chi connectivity index (χ3n) is 3.81. The molecule has 2 aromatic carbocycles. The van der Waals surface area contributed by atoms with E-state index in [1.165, 1.54) is 30.0 Å². The molecule has 3 aromatic rings. The first-order valence-corrected chi connectivity index (χ1v) is 8.88. The van der Waals surface area contributed by atoms with Crippen LogP contribution in [-0.4, -0.2) is 26.7 Å². The van der Waals surface area contributed by atoms with Crippen molar-refractivity contribution in [1.82, 2.24) is 9.55 Å². The Balaban J connectivity index is 1.84. The number of benzene rings is 2. The van der Waals surface area contributed by atoms with Crippen molar-refractivity contribution in [3.63, 3.8) is 0 Å². The molecule has 0 bridgehead atoms. The molecular formula is C17H13F2N3O4S. The molecule has 0 unspecified atom stereocenters. The van der Waals surface area contributed by atoms with Gasteiger partial charge >= 0.3 is 12.5 Å². The number of alkyl halides is 2. The van der Waals surface area contributed by atoms with Crippen LogP contribution in [0.4, 0.5) is 14.5 Å². The number of para-hydroxylation sites is 2. The highest BCUT2D eigenvalue weighted by Crippen LogP contribution is 2.29. The second kappa shape index (κ2) is 7.70. The largest absolute Gasteiger partial charge is 0.454 e. The molecule has 10 heteroatoms. The molecule has 0 radical (unpaired) electrons. The Labute approximate surface area is 156 Å². The molecule has 0 aliphatic carbocycles. The van der Waals surface area contributed by atoms with E-state index in [2.05, 4.69) is 4.98 Å². The van der Waals surface area contributed by atoms with Crippen LogP contribution < -0.4 is 0 Å². The van der Waals surface area contributed by atoms with Gasteiger partial charge in [0.05, 0.1) is 26.4 Å². The minimum Gasteiger partial charge on any atom is -0.454 e. The molecule has 0 saturated carbocycles. The average Bonchev–Trinajstić information content (AvgIpc) is 3.04. The third kappa shape index (κ3) is 3.75. The fourth-order valence-electron chi connectivity index (χ4n) is 2.59. The molecule has 140 valence electrons. The Morgan fingerprint density at radius 1 is 1.33 bits per heavy atom. The average molecular weight is 393 g/mol. The van der Waals surface area contributed by atoms with Crippen LogP contribution >= 0.6 is 11.8 Å². The number of aromatic nitrogens is 2. The standard InChI is InChI=1S/C17H13F2N3O4S/c1-27-14-7-6-10(8-13(14)22(24)25)16(23)26-9-15-20-11-4-2-3-5-12(11)21(15)17(18)19/h2-8,17H,9H2,1H3. The fourth-order valence-corrected chi connectivity index (χ4v) is 3.13. The minimum atomic E-state index is -2.85. The molecule has 0 amide bonds. The highest BCUT2D eigenvalue weighted by Gasteiger charge is 2.21. The van der Waals surface area contributed by atoms with E-state index in [1.54, 1.807) is 24.5 Å². The summed E-state index contributed by atoms with van der Waals surface area (Å²) in [6.07, 6.45) is 1.68. The van der Waals surface area contributed by atoms with Crippen LogP contribution in [0.25, 0.3) is 11.0 Å². The summed E-state index contributed by atoms with van der Waals surface area (Å²) in [5.74, 6) is -0.978. The molecule has 7 nitrogen and oxygen atoms in total. The first kappa shape index (κ1) is 18.8. The molecule has 0 fully saturated rings. The summed E-state index contributed by atoms with van der Waals surface area (Å²) < 4.78 is 32.5. The quantitative estimate of drug-likeness (QED) is 0.267.